The average Bonchev–Trinajstić information content (AvgIpc) is 2.87. The molecule has 2 nitrogen and oxygen atoms in total. The molecule has 2 unspecified atom stereocenters. The maximum atomic E-state index is 9.29. The average molecular weight is 290 g/mol. The van der Waals surface area contributed by atoms with Crippen molar-refractivity contribution in [3.63, 3.8) is 0 Å². The minimum atomic E-state index is 0.295. The predicted molar refractivity (Wildman–Crippen MR) is 91.0 cm³/mol. The largest absolute Gasteiger partial charge is 0.365 e. The van der Waals surface area contributed by atoms with Gasteiger partial charge in [0.05, 0.1) is 6.07 Å². The summed E-state index contributed by atoms with van der Waals surface area (Å²) in [5, 5.41) is 9.29. The van der Waals surface area contributed by atoms with Crippen molar-refractivity contribution in [2.75, 3.05) is 4.90 Å². The lowest BCUT2D eigenvalue weighted by Gasteiger charge is -2.38. The van der Waals surface area contributed by atoms with E-state index in [0.717, 1.165) is 6.42 Å². The maximum absolute atomic E-state index is 9.29. The third-order valence-corrected chi connectivity index (χ3v) is 4.63. The Bertz CT molecular complexity index is 670. The summed E-state index contributed by atoms with van der Waals surface area (Å²) in [7, 11) is 0. The predicted octanol–water partition coefficient (Wildman–Crippen LogP) is 4.52. The smallest absolute Gasteiger partial charge is 0.0628 e. The summed E-state index contributed by atoms with van der Waals surface area (Å²) in [6.07, 6.45) is 1.60. The second kappa shape index (κ2) is 6.23. The summed E-state index contributed by atoms with van der Waals surface area (Å²) >= 11 is 0. The minimum Gasteiger partial charge on any atom is -0.365 e. The van der Waals surface area contributed by atoms with Crippen LogP contribution in [-0.4, -0.2) is 12.1 Å². The molecule has 0 saturated heterocycles. The van der Waals surface area contributed by atoms with E-state index in [1.165, 1.54) is 16.8 Å². The van der Waals surface area contributed by atoms with Gasteiger partial charge in [-0.25, -0.2) is 0 Å². The first kappa shape index (κ1) is 14.7. The number of fused-ring (bicyclic) bond motifs is 1. The number of nitriles is 1. The van der Waals surface area contributed by atoms with Crippen LogP contribution >= 0.6 is 0 Å². The molecule has 2 aromatic carbocycles. The summed E-state index contributed by atoms with van der Waals surface area (Å²) < 4.78 is 0. The topological polar surface area (TPSA) is 27.0 Å². The van der Waals surface area contributed by atoms with Crippen LogP contribution in [0.5, 0.6) is 0 Å². The molecule has 0 amide bonds. The van der Waals surface area contributed by atoms with Crippen LogP contribution in [0.3, 0.4) is 0 Å². The van der Waals surface area contributed by atoms with Gasteiger partial charge in [0.15, 0.2) is 0 Å². The maximum Gasteiger partial charge on any atom is 0.0628 e. The Balaban J connectivity index is 2.00. The molecule has 2 heteroatoms. The van der Waals surface area contributed by atoms with Crippen LogP contribution in [0.25, 0.3) is 0 Å². The Morgan fingerprint density at radius 1 is 1.09 bits per heavy atom. The monoisotopic (exact) mass is 290 g/mol. The van der Waals surface area contributed by atoms with E-state index in [2.05, 4.69) is 79.4 Å². The number of nitrogens with zero attached hydrogens (tertiary/aromatic N) is 2. The van der Waals surface area contributed by atoms with E-state index in [4.69, 9.17) is 0 Å². The number of hydrogen-bond donors (Lipinski definition) is 0. The van der Waals surface area contributed by atoms with Crippen molar-refractivity contribution >= 4 is 5.69 Å². The van der Waals surface area contributed by atoms with E-state index in [0.29, 0.717) is 24.4 Å². The third-order valence-electron chi connectivity index (χ3n) is 4.63. The van der Waals surface area contributed by atoms with Gasteiger partial charge in [0, 0.05) is 30.1 Å². The van der Waals surface area contributed by atoms with Crippen LogP contribution in [0.15, 0.2) is 54.6 Å². The first-order valence-corrected chi connectivity index (χ1v) is 8.00. The van der Waals surface area contributed by atoms with Crippen molar-refractivity contribution in [1.82, 2.24) is 0 Å². The molecule has 1 aliphatic rings. The molecule has 0 aromatic heterocycles. The van der Waals surface area contributed by atoms with Crippen molar-refractivity contribution < 1.29 is 0 Å². The van der Waals surface area contributed by atoms with Crippen LogP contribution in [0, 0.1) is 11.3 Å². The first-order chi connectivity index (χ1) is 10.7. The van der Waals surface area contributed by atoms with Gasteiger partial charge in [0.1, 0.15) is 0 Å². The van der Waals surface area contributed by atoms with Crippen molar-refractivity contribution in [3.05, 3.63) is 65.7 Å². The molecule has 0 fully saturated rings. The lowest BCUT2D eigenvalue weighted by atomic mass is 9.93. The fraction of sp³-hybridized carbons (Fsp3) is 0.350. The van der Waals surface area contributed by atoms with Crippen LogP contribution in [0.4, 0.5) is 5.69 Å². The van der Waals surface area contributed by atoms with Crippen LogP contribution in [-0.2, 0) is 6.42 Å². The molecule has 0 N–H and O–H groups in total. The van der Waals surface area contributed by atoms with Crippen molar-refractivity contribution in [1.29, 1.82) is 5.26 Å². The van der Waals surface area contributed by atoms with Gasteiger partial charge in [0.2, 0.25) is 0 Å². The zero-order valence-corrected chi connectivity index (χ0v) is 13.2. The SMILES string of the molecule is CC(C)N(c1ccccc1)C1Cc2ccccc2C1CC#N. The summed E-state index contributed by atoms with van der Waals surface area (Å²) in [5.41, 5.74) is 4.00. The molecule has 2 atom stereocenters. The summed E-state index contributed by atoms with van der Waals surface area (Å²) in [6.45, 7) is 4.47. The lowest BCUT2D eigenvalue weighted by Crippen LogP contribution is -2.43. The molecular weight excluding hydrogens is 268 g/mol. The number of hydrogen-bond acceptors (Lipinski definition) is 2. The number of benzene rings is 2. The van der Waals surface area contributed by atoms with Gasteiger partial charge in [-0.2, -0.15) is 5.26 Å². The number of rotatable bonds is 4. The minimum absolute atomic E-state index is 0.295. The normalized spacial score (nSPS) is 19.7. The first-order valence-electron chi connectivity index (χ1n) is 8.00. The highest BCUT2D eigenvalue weighted by Crippen LogP contribution is 2.40. The zero-order valence-electron chi connectivity index (χ0n) is 13.2. The van der Waals surface area contributed by atoms with Gasteiger partial charge in [-0.1, -0.05) is 42.5 Å². The van der Waals surface area contributed by atoms with E-state index in [1.54, 1.807) is 0 Å². The molecule has 0 heterocycles. The van der Waals surface area contributed by atoms with Crippen molar-refractivity contribution in [2.45, 2.75) is 44.7 Å². The molecule has 0 bridgehead atoms. The van der Waals surface area contributed by atoms with Gasteiger partial charge < -0.3 is 4.90 Å². The Morgan fingerprint density at radius 3 is 2.45 bits per heavy atom. The molecule has 3 rings (SSSR count). The van der Waals surface area contributed by atoms with Crippen molar-refractivity contribution in [2.24, 2.45) is 0 Å². The summed E-state index contributed by atoms with van der Waals surface area (Å²) in [4.78, 5) is 2.49. The second-order valence-corrected chi connectivity index (χ2v) is 6.28. The number of anilines is 1. The summed E-state index contributed by atoms with van der Waals surface area (Å²) in [5.74, 6) is 0.295. The van der Waals surface area contributed by atoms with Gasteiger partial charge in [-0.3, -0.25) is 0 Å². The van der Waals surface area contributed by atoms with Gasteiger partial charge in [-0.15, -0.1) is 0 Å². The Morgan fingerprint density at radius 2 is 1.77 bits per heavy atom. The van der Waals surface area contributed by atoms with Crippen LogP contribution in [0.2, 0.25) is 0 Å². The molecule has 2 aromatic rings. The molecule has 1 aliphatic carbocycles. The lowest BCUT2D eigenvalue weighted by molar-refractivity contribution is 0.491. The van der Waals surface area contributed by atoms with Gasteiger partial charge in [0.25, 0.3) is 0 Å². The molecule has 22 heavy (non-hydrogen) atoms. The summed E-state index contributed by atoms with van der Waals surface area (Å²) in [6, 6.07) is 22.3. The van der Waals surface area contributed by atoms with Crippen LogP contribution < -0.4 is 4.90 Å². The molecule has 0 aliphatic heterocycles. The molecular formula is C20H22N2. The van der Waals surface area contributed by atoms with Gasteiger partial charge >= 0.3 is 0 Å². The van der Waals surface area contributed by atoms with E-state index >= 15 is 0 Å². The fourth-order valence-corrected chi connectivity index (χ4v) is 3.77. The Hall–Kier alpha value is -2.27. The van der Waals surface area contributed by atoms with Crippen molar-refractivity contribution in [3.8, 4) is 6.07 Å². The molecule has 0 spiro atoms. The standard InChI is InChI=1S/C20H22N2/c1-15(2)22(17-9-4-3-5-10-17)20-14-16-8-6-7-11-18(16)19(20)12-13-21/h3-11,15,19-20H,12,14H2,1-2H3. The fourth-order valence-electron chi connectivity index (χ4n) is 3.77. The highest BCUT2D eigenvalue weighted by molar-refractivity contribution is 5.52. The van der Waals surface area contributed by atoms with E-state index in [1.807, 2.05) is 0 Å². The highest BCUT2D eigenvalue weighted by Gasteiger charge is 2.37. The molecule has 0 radical (unpaired) electrons. The second-order valence-electron chi connectivity index (χ2n) is 6.28. The zero-order chi connectivity index (χ0) is 15.5. The van der Waals surface area contributed by atoms with E-state index < -0.39 is 0 Å². The quantitative estimate of drug-likeness (QED) is 0.827. The number of para-hydroxylation sites is 1. The van der Waals surface area contributed by atoms with Crippen LogP contribution in [0.1, 0.15) is 37.3 Å². The third kappa shape index (κ3) is 2.60. The molecule has 112 valence electrons. The Labute approximate surface area is 133 Å². The van der Waals surface area contributed by atoms with E-state index in [9.17, 15) is 5.26 Å². The van der Waals surface area contributed by atoms with E-state index in [-0.39, 0.29) is 0 Å². The molecule has 0 saturated carbocycles. The Kier molecular flexibility index (Phi) is 4.15. The van der Waals surface area contributed by atoms with Gasteiger partial charge in [-0.05, 0) is 43.5 Å². The highest BCUT2D eigenvalue weighted by atomic mass is 15.2.